The molecule has 0 radical (unpaired) electrons. The van der Waals surface area contributed by atoms with Crippen molar-refractivity contribution in [2.75, 3.05) is 26.0 Å². The molecule has 11 nitrogen and oxygen atoms in total. The lowest BCUT2D eigenvalue weighted by atomic mass is 10.1. The van der Waals surface area contributed by atoms with Crippen LogP contribution in [0, 0.1) is 0 Å². The fourth-order valence-corrected chi connectivity index (χ4v) is 2.29. The van der Waals surface area contributed by atoms with Gasteiger partial charge in [0, 0.05) is 6.54 Å². The highest BCUT2D eigenvalue weighted by Gasteiger charge is 2.42. The summed E-state index contributed by atoms with van der Waals surface area (Å²) in [6.07, 6.45) is -2.28. The standard InChI is InChI=1S/C9H14N2O9S/c1-21(18,19)20-4-5-2-11(9(16)17)6(7(12)13)3-10(5)8(14)15/h5-6H,2-4H2,1H3,(H,12,13)(H,14,15)(H,16,17). The zero-order valence-corrected chi connectivity index (χ0v) is 11.7. The quantitative estimate of drug-likeness (QED) is 0.536. The van der Waals surface area contributed by atoms with Gasteiger partial charge in [-0.1, -0.05) is 0 Å². The van der Waals surface area contributed by atoms with Crippen molar-refractivity contribution >= 4 is 28.3 Å². The third kappa shape index (κ3) is 4.46. The van der Waals surface area contributed by atoms with Crippen molar-refractivity contribution in [2.24, 2.45) is 0 Å². The van der Waals surface area contributed by atoms with E-state index in [2.05, 4.69) is 4.18 Å². The number of carbonyl (C=O) groups is 3. The van der Waals surface area contributed by atoms with Crippen LogP contribution in [-0.2, 0) is 19.1 Å². The van der Waals surface area contributed by atoms with Crippen LogP contribution in [0.4, 0.5) is 9.59 Å². The van der Waals surface area contributed by atoms with E-state index in [0.29, 0.717) is 9.80 Å². The fourth-order valence-electron chi connectivity index (χ4n) is 1.89. The molecule has 3 N–H and O–H groups in total. The number of nitrogens with zero attached hydrogens (tertiary/aromatic N) is 2. The molecule has 0 aliphatic carbocycles. The Kier molecular flexibility index (Phi) is 4.96. The minimum absolute atomic E-state index is 0.506. The zero-order valence-electron chi connectivity index (χ0n) is 10.9. The van der Waals surface area contributed by atoms with E-state index in [1.165, 1.54) is 0 Å². The largest absolute Gasteiger partial charge is 0.480 e. The van der Waals surface area contributed by atoms with Crippen molar-refractivity contribution in [1.82, 2.24) is 9.80 Å². The zero-order chi connectivity index (χ0) is 16.4. The normalized spacial score (nSPS) is 22.9. The minimum Gasteiger partial charge on any atom is -0.480 e. The Morgan fingerprint density at radius 3 is 2.00 bits per heavy atom. The van der Waals surface area contributed by atoms with Crippen LogP contribution < -0.4 is 0 Å². The van der Waals surface area contributed by atoms with Crippen molar-refractivity contribution in [3.63, 3.8) is 0 Å². The summed E-state index contributed by atoms with van der Waals surface area (Å²) in [5.41, 5.74) is 0. The molecule has 0 bridgehead atoms. The highest BCUT2D eigenvalue weighted by molar-refractivity contribution is 7.85. The molecule has 1 saturated heterocycles. The van der Waals surface area contributed by atoms with Gasteiger partial charge < -0.3 is 15.3 Å². The highest BCUT2D eigenvalue weighted by atomic mass is 32.2. The van der Waals surface area contributed by atoms with E-state index >= 15 is 0 Å². The average Bonchev–Trinajstić information content (AvgIpc) is 2.33. The molecule has 0 aromatic carbocycles. The monoisotopic (exact) mass is 326 g/mol. The van der Waals surface area contributed by atoms with Gasteiger partial charge in [-0.15, -0.1) is 0 Å². The summed E-state index contributed by atoms with van der Waals surface area (Å²) in [5.74, 6) is -1.49. The van der Waals surface area contributed by atoms with Crippen LogP contribution in [0.1, 0.15) is 0 Å². The molecule has 1 fully saturated rings. The molecule has 21 heavy (non-hydrogen) atoms. The van der Waals surface area contributed by atoms with Crippen molar-refractivity contribution in [1.29, 1.82) is 0 Å². The van der Waals surface area contributed by atoms with Crippen LogP contribution in [0.2, 0.25) is 0 Å². The molecule has 0 saturated carbocycles. The number of carboxylic acids is 1. The van der Waals surface area contributed by atoms with E-state index in [1.54, 1.807) is 0 Å². The molecule has 2 unspecified atom stereocenters. The maximum atomic E-state index is 11.1. The van der Waals surface area contributed by atoms with Crippen molar-refractivity contribution in [3.05, 3.63) is 0 Å². The Bertz CT molecular complexity index is 545. The van der Waals surface area contributed by atoms with Gasteiger partial charge in [0.1, 0.15) is 0 Å². The molecule has 1 aliphatic heterocycles. The number of hydrogen-bond donors (Lipinski definition) is 3. The van der Waals surface area contributed by atoms with E-state index in [0.717, 1.165) is 6.26 Å². The second-order valence-electron chi connectivity index (χ2n) is 4.37. The number of piperazine rings is 1. The predicted octanol–water partition coefficient (Wildman–Crippen LogP) is -1.24. The molecule has 120 valence electrons. The van der Waals surface area contributed by atoms with Gasteiger partial charge in [0.05, 0.1) is 25.4 Å². The summed E-state index contributed by atoms with van der Waals surface area (Å²) in [7, 11) is -3.84. The molecule has 2 amide bonds. The fraction of sp³-hybridized carbons (Fsp3) is 0.667. The van der Waals surface area contributed by atoms with Crippen LogP contribution in [0.15, 0.2) is 0 Å². The van der Waals surface area contributed by atoms with E-state index < -0.39 is 60.1 Å². The number of carboxylic acid groups (broad SMARTS) is 3. The van der Waals surface area contributed by atoms with Gasteiger partial charge in [0.25, 0.3) is 10.1 Å². The Hall–Kier alpha value is -2.08. The lowest BCUT2D eigenvalue weighted by Gasteiger charge is -2.41. The summed E-state index contributed by atoms with van der Waals surface area (Å²) >= 11 is 0. The Balaban J connectivity index is 2.97. The number of amides is 2. The molecule has 1 rings (SSSR count). The number of hydrogen-bond acceptors (Lipinski definition) is 6. The van der Waals surface area contributed by atoms with Crippen LogP contribution in [0.3, 0.4) is 0 Å². The van der Waals surface area contributed by atoms with Crippen LogP contribution in [0.25, 0.3) is 0 Å². The molecular weight excluding hydrogens is 312 g/mol. The van der Waals surface area contributed by atoms with Crippen molar-refractivity contribution in [3.8, 4) is 0 Å². The summed E-state index contributed by atoms with van der Waals surface area (Å²) in [6, 6.07) is -2.68. The third-order valence-corrected chi connectivity index (χ3v) is 3.41. The number of rotatable bonds is 4. The molecule has 2 atom stereocenters. The first-order valence-electron chi connectivity index (χ1n) is 5.59. The second kappa shape index (κ2) is 6.13. The highest BCUT2D eigenvalue weighted by Crippen LogP contribution is 2.17. The molecular formula is C9H14N2O9S. The van der Waals surface area contributed by atoms with Crippen molar-refractivity contribution < 1.29 is 42.3 Å². The van der Waals surface area contributed by atoms with E-state index in [1.807, 2.05) is 0 Å². The first-order chi connectivity index (χ1) is 9.53. The summed E-state index contributed by atoms with van der Waals surface area (Å²) in [5, 5.41) is 26.9. The maximum Gasteiger partial charge on any atom is 0.408 e. The molecule has 0 aromatic heterocycles. The number of aliphatic carboxylic acids is 1. The van der Waals surface area contributed by atoms with Crippen LogP contribution in [0.5, 0.6) is 0 Å². The Morgan fingerprint density at radius 1 is 1.10 bits per heavy atom. The topological polar surface area (TPSA) is 162 Å². The Labute approximate surface area is 119 Å². The SMILES string of the molecule is CS(=O)(=O)OCC1CN(C(=O)O)C(C(=O)O)CN1C(=O)O. The minimum atomic E-state index is -3.84. The maximum absolute atomic E-state index is 11.1. The summed E-state index contributed by atoms with van der Waals surface area (Å²) < 4.78 is 26.3. The van der Waals surface area contributed by atoms with Crippen LogP contribution in [-0.4, -0.2) is 89.7 Å². The van der Waals surface area contributed by atoms with E-state index in [4.69, 9.17) is 15.3 Å². The van der Waals surface area contributed by atoms with E-state index in [-0.39, 0.29) is 0 Å². The van der Waals surface area contributed by atoms with Gasteiger partial charge in [-0.2, -0.15) is 8.42 Å². The molecule has 1 heterocycles. The van der Waals surface area contributed by atoms with Gasteiger partial charge in [0.2, 0.25) is 0 Å². The van der Waals surface area contributed by atoms with Crippen LogP contribution >= 0.6 is 0 Å². The van der Waals surface area contributed by atoms with Gasteiger partial charge >= 0.3 is 18.2 Å². The summed E-state index contributed by atoms with van der Waals surface area (Å²) in [6.45, 7) is -1.72. The summed E-state index contributed by atoms with van der Waals surface area (Å²) in [4.78, 5) is 34.3. The second-order valence-corrected chi connectivity index (χ2v) is 6.01. The van der Waals surface area contributed by atoms with Gasteiger partial charge in [0.15, 0.2) is 6.04 Å². The molecule has 0 spiro atoms. The van der Waals surface area contributed by atoms with Gasteiger partial charge in [-0.05, 0) is 0 Å². The average molecular weight is 326 g/mol. The van der Waals surface area contributed by atoms with Gasteiger partial charge in [-0.25, -0.2) is 14.4 Å². The third-order valence-electron chi connectivity index (χ3n) is 2.85. The smallest absolute Gasteiger partial charge is 0.408 e. The Morgan fingerprint density at radius 2 is 1.62 bits per heavy atom. The first kappa shape index (κ1) is 17.0. The lowest BCUT2D eigenvalue weighted by molar-refractivity contribution is -0.145. The lowest BCUT2D eigenvalue weighted by Crippen LogP contribution is -2.64. The molecule has 0 aromatic rings. The van der Waals surface area contributed by atoms with E-state index in [9.17, 15) is 22.8 Å². The molecule has 12 heteroatoms. The van der Waals surface area contributed by atoms with Crippen molar-refractivity contribution in [2.45, 2.75) is 12.1 Å². The van der Waals surface area contributed by atoms with Gasteiger partial charge in [-0.3, -0.25) is 14.0 Å². The molecule has 1 aliphatic rings. The predicted molar refractivity (Wildman–Crippen MR) is 65.5 cm³/mol. The first-order valence-corrected chi connectivity index (χ1v) is 7.41.